The van der Waals surface area contributed by atoms with Crippen LogP contribution in [-0.2, 0) is 22.6 Å². The van der Waals surface area contributed by atoms with Gasteiger partial charge in [-0.2, -0.15) is 0 Å². The number of rotatable bonds is 5. The summed E-state index contributed by atoms with van der Waals surface area (Å²) in [6.45, 7) is 0.501. The molecule has 29 heavy (non-hydrogen) atoms. The standard InChI is InChI=1S/C26H24O3/c1-28-26(27)23-9-5-8-21-14-15-25(17-24(21)16-23)29-18-19-10-12-22(13-11-19)20-6-3-2-4-7-20/h2-4,6-7,10-17H,5,8-9,18H2,1H3. The van der Waals surface area contributed by atoms with Crippen molar-refractivity contribution in [1.82, 2.24) is 0 Å². The Hall–Kier alpha value is -3.33. The van der Waals surface area contributed by atoms with Crippen molar-refractivity contribution >= 4 is 12.0 Å². The molecule has 0 fully saturated rings. The first-order valence-corrected chi connectivity index (χ1v) is 9.92. The van der Waals surface area contributed by atoms with Crippen LogP contribution in [0.1, 0.15) is 29.5 Å². The fraction of sp³-hybridized carbons (Fsp3) is 0.192. The molecular weight excluding hydrogens is 360 g/mol. The second-order valence-corrected chi connectivity index (χ2v) is 7.23. The Morgan fingerprint density at radius 1 is 0.897 bits per heavy atom. The van der Waals surface area contributed by atoms with Crippen LogP contribution in [0.2, 0.25) is 0 Å². The van der Waals surface area contributed by atoms with E-state index in [4.69, 9.17) is 9.47 Å². The highest BCUT2D eigenvalue weighted by molar-refractivity contribution is 5.94. The van der Waals surface area contributed by atoms with Gasteiger partial charge in [-0.05, 0) is 65.3 Å². The molecule has 0 radical (unpaired) electrons. The Bertz CT molecular complexity index is 1020. The first-order chi connectivity index (χ1) is 14.2. The van der Waals surface area contributed by atoms with Crippen molar-refractivity contribution < 1.29 is 14.3 Å². The zero-order valence-corrected chi connectivity index (χ0v) is 16.6. The summed E-state index contributed by atoms with van der Waals surface area (Å²) in [5, 5.41) is 0. The van der Waals surface area contributed by atoms with Crippen molar-refractivity contribution in [2.75, 3.05) is 7.11 Å². The lowest BCUT2D eigenvalue weighted by atomic mass is 10.0. The number of aryl methyl sites for hydroxylation is 1. The molecule has 0 N–H and O–H groups in total. The summed E-state index contributed by atoms with van der Waals surface area (Å²) in [7, 11) is 1.43. The van der Waals surface area contributed by atoms with Crippen LogP contribution in [0.4, 0.5) is 0 Å². The summed E-state index contributed by atoms with van der Waals surface area (Å²) >= 11 is 0. The number of carbonyl (C=O) groups excluding carboxylic acids is 1. The molecule has 1 aliphatic carbocycles. The van der Waals surface area contributed by atoms with E-state index >= 15 is 0 Å². The van der Waals surface area contributed by atoms with Crippen molar-refractivity contribution in [2.24, 2.45) is 0 Å². The second-order valence-electron chi connectivity index (χ2n) is 7.23. The molecule has 4 rings (SSSR count). The van der Waals surface area contributed by atoms with Crippen LogP contribution in [0, 0.1) is 0 Å². The van der Waals surface area contributed by atoms with Crippen LogP contribution in [0.15, 0.2) is 78.4 Å². The number of methoxy groups -OCH3 is 1. The van der Waals surface area contributed by atoms with E-state index in [0.29, 0.717) is 6.61 Å². The van der Waals surface area contributed by atoms with Crippen molar-refractivity contribution in [3.63, 3.8) is 0 Å². The minimum Gasteiger partial charge on any atom is -0.489 e. The van der Waals surface area contributed by atoms with Gasteiger partial charge in [-0.3, -0.25) is 0 Å². The third-order valence-corrected chi connectivity index (χ3v) is 5.25. The maximum Gasteiger partial charge on any atom is 0.333 e. The average Bonchev–Trinajstić information content (AvgIpc) is 3.00. The number of hydrogen-bond acceptors (Lipinski definition) is 3. The Labute approximate surface area is 171 Å². The van der Waals surface area contributed by atoms with Crippen LogP contribution in [-0.4, -0.2) is 13.1 Å². The molecule has 3 heteroatoms. The lowest BCUT2D eigenvalue weighted by molar-refractivity contribution is -0.136. The summed E-state index contributed by atoms with van der Waals surface area (Å²) in [5.41, 5.74) is 6.52. The molecule has 3 nitrogen and oxygen atoms in total. The van der Waals surface area contributed by atoms with E-state index in [1.54, 1.807) is 0 Å². The van der Waals surface area contributed by atoms with E-state index in [2.05, 4.69) is 42.5 Å². The highest BCUT2D eigenvalue weighted by atomic mass is 16.5. The van der Waals surface area contributed by atoms with E-state index in [0.717, 1.165) is 41.7 Å². The summed E-state index contributed by atoms with van der Waals surface area (Å²) < 4.78 is 10.9. The Morgan fingerprint density at radius 2 is 1.66 bits per heavy atom. The van der Waals surface area contributed by atoms with Gasteiger partial charge in [-0.1, -0.05) is 60.7 Å². The molecule has 0 bridgehead atoms. The molecule has 0 saturated heterocycles. The van der Waals surface area contributed by atoms with Crippen LogP contribution in [0.25, 0.3) is 17.2 Å². The molecule has 0 heterocycles. The smallest absolute Gasteiger partial charge is 0.333 e. The second kappa shape index (κ2) is 8.78. The SMILES string of the molecule is COC(=O)C1=Cc2cc(OCc3ccc(-c4ccccc4)cc3)ccc2CCC1. The van der Waals surface area contributed by atoms with Gasteiger partial charge >= 0.3 is 5.97 Å². The summed E-state index contributed by atoms with van der Waals surface area (Å²) in [4.78, 5) is 11.9. The summed E-state index contributed by atoms with van der Waals surface area (Å²) in [5.74, 6) is 0.556. The average molecular weight is 384 g/mol. The van der Waals surface area contributed by atoms with Gasteiger partial charge in [-0.15, -0.1) is 0 Å². The first-order valence-electron chi connectivity index (χ1n) is 9.92. The molecule has 3 aromatic rings. The van der Waals surface area contributed by atoms with E-state index in [1.165, 1.54) is 23.8 Å². The highest BCUT2D eigenvalue weighted by Gasteiger charge is 2.15. The predicted molar refractivity (Wildman–Crippen MR) is 116 cm³/mol. The maximum atomic E-state index is 11.9. The summed E-state index contributed by atoms with van der Waals surface area (Å²) in [6.07, 6.45) is 4.58. The Morgan fingerprint density at radius 3 is 2.41 bits per heavy atom. The maximum absolute atomic E-state index is 11.9. The van der Waals surface area contributed by atoms with Crippen molar-refractivity contribution in [3.05, 3.63) is 95.1 Å². The van der Waals surface area contributed by atoms with E-state index in [-0.39, 0.29) is 5.97 Å². The monoisotopic (exact) mass is 384 g/mol. The molecule has 3 aromatic carbocycles. The third kappa shape index (κ3) is 4.57. The molecule has 0 amide bonds. The van der Waals surface area contributed by atoms with Gasteiger partial charge in [-0.25, -0.2) is 4.79 Å². The van der Waals surface area contributed by atoms with E-state index < -0.39 is 0 Å². The largest absolute Gasteiger partial charge is 0.489 e. The zero-order valence-electron chi connectivity index (χ0n) is 16.6. The van der Waals surface area contributed by atoms with Crippen molar-refractivity contribution in [3.8, 4) is 16.9 Å². The van der Waals surface area contributed by atoms with Gasteiger partial charge in [0.05, 0.1) is 7.11 Å². The predicted octanol–water partition coefficient (Wildman–Crippen LogP) is 5.83. The van der Waals surface area contributed by atoms with Crippen LogP contribution in [0.3, 0.4) is 0 Å². The minimum absolute atomic E-state index is 0.248. The number of benzene rings is 3. The molecule has 0 unspecified atom stereocenters. The zero-order chi connectivity index (χ0) is 20.1. The molecule has 0 atom stereocenters. The normalized spacial score (nSPS) is 13.1. The fourth-order valence-electron chi connectivity index (χ4n) is 3.64. The van der Waals surface area contributed by atoms with Gasteiger partial charge in [0.2, 0.25) is 0 Å². The molecule has 0 spiro atoms. The number of ether oxygens (including phenoxy) is 2. The number of fused-ring (bicyclic) bond motifs is 1. The van der Waals surface area contributed by atoms with Gasteiger partial charge in [0.25, 0.3) is 0 Å². The molecule has 0 saturated carbocycles. The van der Waals surface area contributed by atoms with Crippen LogP contribution >= 0.6 is 0 Å². The quantitative estimate of drug-likeness (QED) is 0.520. The molecule has 0 aromatic heterocycles. The van der Waals surface area contributed by atoms with Gasteiger partial charge in [0, 0.05) is 5.57 Å². The molecule has 0 aliphatic heterocycles. The highest BCUT2D eigenvalue weighted by Crippen LogP contribution is 2.28. The number of esters is 1. The lowest BCUT2D eigenvalue weighted by Gasteiger charge is -2.10. The van der Waals surface area contributed by atoms with Gasteiger partial charge in [0.15, 0.2) is 0 Å². The fourth-order valence-corrected chi connectivity index (χ4v) is 3.64. The van der Waals surface area contributed by atoms with Gasteiger partial charge < -0.3 is 9.47 Å². The first kappa shape index (κ1) is 19.0. The lowest BCUT2D eigenvalue weighted by Crippen LogP contribution is -2.03. The van der Waals surface area contributed by atoms with E-state index in [1.807, 2.05) is 36.4 Å². The summed E-state index contributed by atoms with van der Waals surface area (Å²) in [6, 6.07) is 24.9. The minimum atomic E-state index is -0.248. The van der Waals surface area contributed by atoms with Crippen molar-refractivity contribution in [1.29, 1.82) is 0 Å². The Balaban J connectivity index is 1.47. The number of hydrogen-bond donors (Lipinski definition) is 0. The topological polar surface area (TPSA) is 35.5 Å². The molecule has 146 valence electrons. The number of carbonyl (C=O) groups is 1. The third-order valence-electron chi connectivity index (χ3n) is 5.25. The van der Waals surface area contributed by atoms with Crippen LogP contribution < -0.4 is 4.74 Å². The van der Waals surface area contributed by atoms with Crippen molar-refractivity contribution in [2.45, 2.75) is 25.9 Å². The molecular formula is C26H24O3. The molecule has 1 aliphatic rings. The van der Waals surface area contributed by atoms with Gasteiger partial charge in [0.1, 0.15) is 12.4 Å². The van der Waals surface area contributed by atoms with Crippen LogP contribution in [0.5, 0.6) is 5.75 Å². The Kier molecular flexibility index (Phi) is 5.76. The van der Waals surface area contributed by atoms with E-state index in [9.17, 15) is 4.79 Å².